The van der Waals surface area contributed by atoms with E-state index in [1.165, 1.54) is 5.56 Å². The molecule has 3 aromatic rings. The van der Waals surface area contributed by atoms with Crippen molar-refractivity contribution in [1.82, 2.24) is 14.8 Å². The lowest BCUT2D eigenvalue weighted by molar-refractivity contribution is 0.731. The standard InChI is InChI=1S/C18H15BrClN3S/c1-2-10-23-17(15-8-3-4-9-16(15)20)21-22-18(23)24-12-13-6-5-7-14(19)11-13/h2-9,11H,1,10,12H2. The molecule has 0 aliphatic carbocycles. The highest BCUT2D eigenvalue weighted by atomic mass is 79.9. The van der Waals surface area contributed by atoms with Gasteiger partial charge in [0.1, 0.15) is 0 Å². The van der Waals surface area contributed by atoms with Gasteiger partial charge >= 0.3 is 0 Å². The maximum Gasteiger partial charge on any atom is 0.192 e. The maximum absolute atomic E-state index is 6.31. The summed E-state index contributed by atoms with van der Waals surface area (Å²) in [5.74, 6) is 1.58. The summed E-state index contributed by atoms with van der Waals surface area (Å²) in [5, 5.41) is 10.2. The van der Waals surface area contributed by atoms with Crippen LogP contribution < -0.4 is 0 Å². The van der Waals surface area contributed by atoms with Gasteiger partial charge in [0.2, 0.25) is 0 Å². The summed E-state index contributed by atoms with van der Waals surface area (Å²) in [7, 11) is 0. The Morgan fingerprint density at radius 3 is 2.75 bits per heavy atom. The molecule has 0 radical (unpaired) electrons. The van der Waals surface area contributed by atoms with E-state index in [4.69, 9.17) is 11.6 Å². The second-order valence-corrected chi connectivity index (χ2v) is 7.37. The lowest BCUT2D eigenvalue weighted by Crippen LogP contribution is -2.01. The van der Waals surface area contributed by atoms with Crippen LogP contribution >= 0.6 is 39.3 Å². The van der Waals surface area contributed by atoms with Crippen molar-refractivity contribution in [3.05, 3.63) is 76.2 Å². The third kappa shape index (κ3) is 3.91. The normalized spacial score (nSPS) is 10.8. The number of aromatic nitrogens is 3. The molecule has 2 aromatic carbocycles. The smallest absolute Gasteiger partial charge is 0.192 e. The molecule has 24 heavy (non-hydrogen) atoms. The van der Waals surface area contributed by atoms with Crippen LogP contribution in [0.3, 0.4) is 0 Å². The summed E-state index contributed by atoms with van der Waals surface area (Å²) in [6.45, 7) is 4.47. The Kier molecular flexibility index (Phi) is 5.76. The summed E-state index contributed by atoms with van der Waals surface area (Å²) in [5.41, 5.74) is 2.10. The van der Waals surface area contributed by atoms with Crippen molar-refractivity contribution < 1.29 is 0 Å². The van der Waals surface area contributed by atoms with Gasteiger partial charge in [-0.05, 0) is 29.8 Å². The summed E-state index contributed by atoms with van der Waals surface area (Å²) in [4.78, 5) is 0. The van der Waals surface area contributed by atoms with Crippen molar-refractivity contribution >= 4 is 39.3 Å². The largest absolute Gasteiger partial charge is 0.298 e. The van der Waals surface area contributed by atoms with E-state index in [1.54, 1.807) is 11.8 Å². The van der Waals surface area contributed by atoms with E-state index in [0.717, 1.165) is 26.8 Å². The van der Waals surface area contributed by atoms with E-state index in [1.807, 2.05) is 47.0 Å². The van der Waals surface area contributed by atoms with Gasteiger partial charge in [0.05, 0.1) is 5.02 Å². The summed E-state index contributed by atoms with van der Waals surface area (Å²) in [6.07, 6.45) is 1.84. The first-order valence-corrected chi connectivity index (χ1v) is 9.51. The number of hydrogen-bond donors (Lipinski definition) is 0. The zero-order valence-corrected chi connectivity index (χ0v) is 16.0. The molecular formula is C18H15BrClN3S. The highest BCUT2D eigenvalue weighted by molar-refractivity contribution is 9.10. The number of hydrogen-bond acceptors (Lipinski definition) is 3. The lowest BCUT2D eigenvalue weighted by Gasteiger charge is -2.09. The van der Waals surface area contributed by atoms with Crippen molar-refractivity contribution in [3.63, 3.8) is 0 Å². The van der Waals surface area contributed by atoms with Gasteiger partial charge in [0.15, 0.2) is 11.0 Å². The van der Waals surface area contributed by atoms with Crippen LogP contribution in [0.1, 0.15) is 5.56 Å². The minimum absolute atomic E-state index is 0.633. The van der Waals surface area contributed by atoms with Gasteiger partial charge in [-0.25, -0.2) is 0 Å². The lowest BCUT2D eigenvalue weighted by atomic mass is 10.2. The third-order valence-corrected chi connectivity index (χ3v) is 5.26. The van der Waals surface area contributed by atoms with Gasteiger partial charge in [-0.15, -0.1) is 16.8 Å². The molecule has 0 saturated heterocycles. The topological polar surface area (TPSA) is 30.7 Å². The van der Waals surface area contributed by atoms with Crippen molar-refractivity contribution in [2.45, 2.75) is 17.5 Å². The Morgan fingerprint density at radius 2 is 2.00 bits per heavy atom. The Hall–Kier alpha value is -1.56. The van der Waals surface area contributed by atoms with E-state index < -0.39 is 0 Å². The van der Waals surface area contributed by atoms with E-state index in [2.05, 4.69) is 44.8 Å². The van der Waals surface area contributed by atoms with E-state index in [0.29, 0.717) is 11.6 Å². The molecule has 0 atom stereocenters. The van der Waals surface area contributed by atoms with Crippen LogP contribution in [-0.2, 0) is 12.3 Å². The zero-order chi connectivity index (χ0) is 16.9. The first kappa shape index (κ1) is 17.3. The molecule has 1 heterocycles. The van der Waals surface area contributed by atoms with Gasteiger partial charge < -0.3 is 0 Å². The molecule has 0 fully saturated rings. The van der Waals surface area contributed by atoms with Gasteiger partial charge in [0.25, 0.3) is 0 Å². The fourth-order valence-corrected chi connectivity index (χ4v) is 3.86. The minimum Gasteiger partial charge on any atom is -0.298 e. The van der Waals surface area contributed by atoms with Crippen molar-refractivity contribution in [1.29, 1.82) is 0 Å². The van der Waals surface area contributed by atoms with Crippen LogP contribution in [0.25, 0.3) is 11.4 Å². The SMILES string of the molecule is C=CCn1c(SCc2cccc(Br)c2)nnc1-c1ccccc1Cl. The molecule has 0 amide bonds. The second kappa shape index (κ2) is 8.01. The average molecular weight is 421 g/mol. The van der Waals surface area contributed by atoms with Gasteiger partial charge in [0, 0.05) is 22.3 Å². The first-order chi connectivity index (χ1) is 11.7. The molecule has 122 valence electrons. The molecule has 0 bridgehead atoms. The number of thioether (sulfide) groups is 1. The number of rotatable bonds is 6. The Bertz CT molecular complexity index is 863. The number of nitrogens with zero attached hydrogens (tertiary/aromatic N) is 3. The quantitative estimate of drug-likeness (QED) is 0.371. The van der Waals surface area contributed by atoms with Gasteiger partial charge in [-0.3, -0.25) is 4.57 Å². The fourth-order valence-electron chi connectivity index (χ4n) is 2.31. The molecule has 3 nitrogen and oxygen atoms in total. The molecule has 0 spiro atoms. The molecule has 0 aliphatic heterocycles. The highest BCUT2D eigenvalue weighted by Gasteiger charge is 2.15. The number of halogens is 2. The van der Waals surface area contributed by atoms with E-state index >= 15 is 0 Å². The van der Waals surface area contributed by atoms with Crippen LogP contribution in [0.5, 0.6) is 0 Å². The van der Waals surface area contributed by atoms with Gasteiger partial charge in [-0.2, -0.15) is 0 Å². The molecule has 3 rings (SSSR count). The Balaban J connectivity index is 1.89. The zero-order valence-electron chi connectivity index (χ0n) is 12.8. The fraction of sp³-hybridized carbons (Fsp3) is 0.111. The first-order valence-electron chi connectivity index (χ1n) is 7.35. The predicted octanol–water partition coefficient (Wildman–Crippen LogP) is 5.84. The third-order valence-electron chi connectivity index (χ3n) is 3.40. The molecule has 0 unspecified atom stereocenters. The van der Waals surface area contributed by atoms with Crippen LogP contribution in [-0.4, -0.2) is 14.8 Å². The molecule has 0 saturated carbocycles. The van der Waals surface area contributed by atoms with Crippen molar-refractivity contribution in [2.24, 2.45) is 0 Å². The number of benzene rings is 2. The predicted molar refractivity (Wildman–Crippen MR) is 104 cm³/mol. The summed E-state index contributed by atoms with van der Waals surface area (Å²) in [6, 6.07) is 15.9. The van der Waals surface area contributed by atoms with Crippen LogP contribution in [0.4, 0.5) is 0 Å². The molecular weight excluding hydrogens is 406 g/mol. The Morgan fingerprint density at radius 1 is 1.17 bits per heavy atom. The van der Waals surface area contributed by atoms with E-state index in [-0.39, 0.29) is 0 Å². The monoisotopic (exact) mass is 419 g/mol. The van der Waals surface area contributed by atoms with Crippen molar-refractivity contribution in [3.8, 4) is 11.4 Å². The minimum atomic E-state index is 0.633. The highest BCUT2D eigenvalue weighted by Crippen LogP contribution is 2.30. The summed E-state index contributed by atoms with van der Waals surface area (Å²) < 4.78 is 3.11. The maximum atomic E-state index is 6.31. The molecule has 0 aliphatic rings. The average Bonchev–Trinajstić information content (AvgIpc) is 2.97. The van der Waals surface area contributed by atoms with Gasteiger partial charge in [-0.1, -0.05) is 69.6 Å². The van der Waals surface area contributed by atoms with Crippen LogP contribution in [0.2, 0.25) is 5.02 Å². The summed E-state index contributed by atoms with van der Waals surface area (Å²) >= 11 is 11.5. The molecule has 1 aromatic heterocycles. The Labute approximate surface area is 158 Å². The van der Waals surface area contributed by atoms with Crippen LogP contribution in [0, 0.1) is 0 Å². The molecule has 6 heteroatoms. The second-order valence-electron chi connectivity index (χ2n) is 5.10. The van der Waals surface area contributed by atoms with Crippen molar-refractivity contribution in [2.75, 3.05) is 0 Å². The van der Waals surface area contributed by atoms with E-state index in [9.17, 15) is 0 Å². The molecule has 0 N–H and O–H groups in total. The number of allylic oxidation sites excluding steroid dienone is 1. The van der Waals surface area contributed by atoms with Crippen LogP contribution in [0.15, 0.2) is 70.8 Å².